The van der Waals surface area contributed by atoms with E-state index in [2.05, 4.69) is 21.0 Å². The van der Waals surface area contributed by atoms with Crippen LogP contribution in [0, 0.1) is 0 Å². The molecule has 0 aliphatic carbocycles. The molecule has 0 bridgehead atoms. The molecule has 1 aromatic carbocycles. The van der Waals surface area contributed by atoms with Gasteiger partial charge in [0.15, 0.2) is 0 Å². The molecule has 90 valence electrons. The quantitative estimate of drug-likeness (QED) is 0.770. The summed E-state index contributed by atoms with van der Waals surface area (Å²) < 4.78 is 27.4. The van der Waals surface area contributed by atoms with Gasteiger partial charge in [-0.05, 0) is 18.2 Å². The van der Waals surface area contributed by atoms with Crippen LogP contribution in [0.15, 0.2) is 35.1 Å². The van der Waals surface area contributed by atoms with Crippen LogP contribution in [0.2, 0.25) is 0 Å². The normalized spacial score (nSPS) is 11.1. The SMILES string of the molecule is FC(F)c1cc(Br)cc(-n2cc(CCl)cn2)c1. The Morgan fingerprint density at radius 3 is 2.71 bits per heavy atom. The second-order valence-corrected chi connectivity index (χ2v) is 4.65. The number of nitrogens with zero attached hydrogens (tertiary/aromatic N) is 2. The van der Waals surface area contributed by atoms with Crippen LogP contribution >= 0.6 is 27.5 Å². The Labute approximate surface area is 110 Å². The average molecular weight is 322 g/mol. The van der Waals surface area contributed by atoms with Crippen molar-refractivity contribution >= 4 is 27.5 Å². The topological polar surface area (TPSA) is 17.8 Å². The lowest BCUT2D eigenvalue weighted by Crippen LogP contribution is -1.96. The smallest absolute Gasteiger partial charge is 0.241 e. The van der Waals surface area contributed by atoms with Gasteiger partial charge in [-0.25, -0.2) is 13.5 Å². The van der Waals surface area contributed by atoms with E-state index in [-0.39, 0.29) is 5.56 Å². The highest BCUT2D eigenvalue weighted by molar-refractivity contribution is 9.10. The van der Waals surface area contributed by atoms with Gasteiger partial charge in [0.05, 0.1) is 17.8 Å². The van der Waals surface area contributed by atoms with E-state index in [4.69, 9.17) is 11.6 Å². The molecule has 0 radical (unpaired) electrons. The fraction of sp³-hybridized carbons (Fsp3) is 0.182. The molecular weight excluding hydrogens is 313 g/mol. The van der Waals surface area contributed by atoms with Crippen LogP contribution in [0.25, 0.3) is 5.69 Å². The van der Waals surface area contributed by atoms with Crippen LogP contribution in [-0.4, -0.2) is 9.78 Å². The maximum atomic E-state index is 12.6. The first-order chi connectivity index (χ1) is 8.10. The molecule has 2 aromatic rings. The number of hydrogen-bond acceptors (Lipinski definition) is 1. The third kappa shape index (κ3) is 2.84. The Kier molecular flexibility index (Phi) is 3.79. The van der Waals surface area contributed by atoms with Crippen LogP contribution in [0.4, 0.5) is 8.78 Å². The monoisotopic (exact) mass is 320 g/mol. The van der Waals surface area contributed by atoms with Crippen molar-refractivity contribution in [1.82, 2.24) is 9.78 Å². The molecule has 1 aromatic heterocycles. The number of aromatic nitrogens is 2. The van der Waals surface area contributed by atoms with E-state index in [1.54, 1.807) is 18.5 Å². The fourth-order valence-corrected chi connectivity index (χ4v) is 2.06. The Morgan fingerprint density at radius 1 is 1.35 bits per heavy atom. The van der Waals surface area contributed by atoms with E-state index >= 15 is 0 Å². The Morgan fingerprint density at radius 2 is 2.12 bits per heavy atom. The molecule has 1 heterocycles. The van der Waals surface area contributed by atoms with Gasteiger partial charge >= 0.3 is 0 Å². The molecule has 0 unspecified atom stereocenters. The molecule has 0 atom stereocenters. The lowest BCUT2D eigenvalue weighted by Gasteiger charge is -2.06. The van der Waals surface area contributed by atoms with Gasteiger partial charge in [-0.3, -0.25) is 0 Å². The summed E-state index contributed by atoms with van der Waals surface area (Å²) in [6.45, 7) is 0. The van der Waals surface area contributed by atoms with Gasteiger partial charge in [0.25, 0.3) is 6.43 Å². The van der Waals surface area contributed by atoms with E-state index in [9.17, 15) is 8.78 Å². The predicted octanol–water partition coefficient (Wildman–Crippen LogP) is 4.31. The Hall–Kier alpha value is -0.940. The highest BCUT2D eigenvalue weighted by Crippen LogP contribution is 2.26. The summed E-state index contributed by atoms with van der Waals surface area (Å²) in [5, 5.41) is 4.07. The van der Waals surface area contributed by atoms with Crippen molar-refractivity contribution < 1.29 is 8.78 Å². The van der Waals surface area contributed by atoms with Gasteiger partial charge in [0.2, 0.25) is 0 Å². The minimum absolute atomic E-state index is 0.0442. The maximum Gasteiger partial charge on any atom is 0.263 e. The highest BCUT2D eigenvalue weighted by Gasteiger charge is 2.10. The molecule has 6 heteroatoms. The van der Waals surface area contributed by atoms with E-state index in [1.165, 1.54) is 16.8 Å². The number of hydrogen-bond donors (Lipinski definition) is 0. The average Bonchev–Trinajstić information content (AvgIpc) is 2.76. The van der Waals surface area contributed by atoms with Crippen molar-refractivity contribution in [3.63, 3.8) is 0 Å². The molecule has 0 aliphatic rings. The van der Waals surface area contributed by atoms with Crippen molar-refractivity contribution in [2.75, 3.05) is 0 Å². The number of halogens is 4. The third-order valence-electron chi connectivity index (χ3n) is 2.21. The van der Waals surface area contributed by atoms with Crippen LogP contribution in [-0.2, 0) is 5.88 Å². The largest absolute Gasteiger partial charge is 0.263 e. The van der Waals surface area contributed by atoms with E-state index in [0.29, 0.717) is 16.0 Å². The summed E-state index contributed by atoms with van der Waals surface area (Å²) in [6, 6.07) is 4.51. The summed E-state index contributed by atoms with van der Waals surface area (Å²) in [5.74, 6) is 0.343. The zero-order chi connectivity index (χ0) is 12.4. The van der Waals surface area contributed by atoms with Crippen molar-refractivity contribution in [2.45, 2.75) is 12.3 Å². The Bertz CT molecular complexity index is 528. The first-order valence-electron chi connectivity index (χ1n) is 4.78. The minimum Gasteiger partial charge on any atom is -0.241 e. The molecule has 0 amide bonds. The number of alkyl halides is 3. The molecule has 0 spiro atoms. The molecule has 0 saturated heterocycles. The van der Waals surface area contributed by atoms with Gasteiger partial charge in [0.1, 0.15) is 0 Å². The third-order valence-corrected chi connectivity index (χ3v) is 2.98. The lowest BCUT2D eigenvalue weighted by atomic mass is 10.2. The van der Waals surface area contributed by atoms with Gasteiger partial charge in [-0.1, -0.05) is 15.9 Å². The van der Waals surface area contributed by atoms with Crippen LogP contribution in [0.3, 0.4) is 0 Å². The molecule has 2 rings (SSSR count). The van der Waals surface area contributed by atoms with Gasteiger partial charge < -0.3 is 0 Å². The van der Waals surface area contributed by atoms with Crippen molar-refractivity contribution in [1.29, 1.82) is 0 Å². The van der Waals surface area contributed by atoms with E-state index < -0.39 is 6.43 Å². The van der Waals surface area contributed by atoms with Crippen LogP contribution in [0.5, 0.6) is 0 Å². The van der Waals surface area contributed by atoms with Crippen molar-refractivity contribution in [2.24, 2.45) is 0 Å². The second-order valence-electron chi connectivity index (χ2n) is 3.47. The zero-order valence-electron chi connectivity index (χ0n) is 8.58. The molecular formula is C11H8BrClF2N2. The first kappa shape index (κ1) is 12.5. The molecule has 0 N–H and O–H groups in total. The fourth-order valence-electron chi connectivity index (χ4n) is 1.42. The standard InChI is InChI=1S/C11H8BrClF2N2/c12-9-1-8(11(14)15)2-10(3-9)17-6-7(4-13)5-16-17/h1-3,5-6,11H,4H2. The van der Waals surface area contributed by atoms with Crippen molar-refractivity contribution in [3.05, 3.63) is 46.2 Å². The summed E-state index contributed by atoms with van der Waals surface area (Å²) in [4.78, 5) is 0. The molecule has 17 heavy (non-hydrogen) atoms. The minimum atomic E-state index is -2.51. The molecule has 0 aliphatic heterocycles. The summed E-state index contributed by atoms with van der Waals surface area (Å²) in [5.41, 5.74) is 1.37. The van der Waals surface area contributed by atoms with Gasteiger partial charge in [0, 0.05) is 21.8 Å². The predicted molar refractivity (Wildman–Crippen MR) is 65.8 cm³/mol. The molecule has 0 saturated carbocycles. The zero-order valence-corrected chi connectivity index (χ0v) is 10.9. The van der Waals surface area contributed by atoms with Gasteiger partial charge in [-0.2, -0.15) is 5.10 Å². The maximum absolute atomic E-state index is 12.6. The molecule has 0 fully saturated rings. The summed E-state index contributed by atoms with van der Waals surface area (Å²) in [7, 11) is 0. The number of rotatable bonds is 3. The van der Waals surface area contributed by atoms with E-state index in [1.807, 2.05) is 0 Å². The Balaban J connectivity index is 2.44. The number of benzene rings is 1. The summed E-state index contributed by atoms with van der Waals surface area (Å²) in [6.07, 6.45) is 0.814. The molecule has 2 nitrogen and oxygen atoms in total. The first-order valence-corrected chi connectivity index (χ1v) is 6.11. The van der Waals surface area contributed by atoms with Crippen LogP contribution in [0.1, 0.15) is 17.6 Å². The lowest BCUT2D eigenvalue weighted by molar-refractivity contribution is 0.151. The summed E-state index contributed by atoms with van der Waals surface area (Å²) >= 11 is 8.86. The van der Waals surface area contributed by atoms with E-state index in [0.717, 1.165) is 5.56 Å². The highest BCUT2D eigenvalue weighted by atomic mass is 79.9. The van der Waals surface area contributed by atoms with Gasteiger partial charge in [-0.15, -0.1) is 11.6 Å². The second kappa shape index (κ2) is 5.14. The van der Waals surface area contributed by atoms with Crippen molar-refractivity contribution in [3.8, 4) is 5.69 Å². The van der Waals surface area contributed by atoms with Crippen LogP contribution < -0.4 is 0 Å².